The van der Waals surface area contributed by atoms with Crippen molar-refractivity contribution in [2.24, 2.45) is 5.92 Å². The van der Waals surface area contributed by atoms with Crippen LogP contribution in [0.4, 0.5) is 0 Å². The molecule has 1 N–H and O–H groups in total. The third-order valence-corrected chi connectivity index (χ3v) is 3.96. The lowest BCUT2D eigenvalue weighted by molar-refractivity contribution is -0.471. The fraction of sp³-hybridized carbons (Fsp3) is 0.615. The van der Waals surface area contributed by atoms with Crippen molar-refractivity contribution in [3.63, 3.8) is 0 Å². The maximum atomic E-state index is 12.0. The van der Waals surface area contributed by atoms with Gasteiger partial charge in [-0.25, -0.2) is 0 Å². The fourth-order valence-corrected chi connectivity index (χ4v) is 3.04. The van der Waals surface area contributed by atoms with Crippen LogP contribution in [0.25, 0.3) is 0 Å². The maximum absolute atomic E-state index is 12.0. The summed E-state index contributed by atoms with van der Waals surface area (Å²) in [6.07, 6.45) is 8.54. The van der Waals surface area contributed by atoms with E-state index in [2.05, 4.69) is 35.4 Å². The molecule has 0 aromatic rings. The summed E-state index contributed by atoms with van der Waals surface area (Å²) >= 11 is 0. The molecule has 0 radical (unpaired) electrons. The van der Waals surface area contributed by atoms with Gasteiger partial charge in [-0.15, -0.1) is 0 Å². The van der Waals surface area contributed by atoms with E-state index >= 15 is 0 Å². The zero-order valence-electron chi connectivity index (χ0n) is 10.2. The van der Waals surface area contributed by atoms with Gasteiger partial charge in [0.2, 0.25) is 12.4 Å². The average molecular weight is 233 g/mol. The van der Waals surface area contributed by atoms with Crippen LogP contribution in [0, 0.1) is 11.1 Å². The zero-order chi connectivity index (χ0) is 11.8. The van der Waals surface area contributed by atoms with E-state index in [9.17, 15) is 5.21 Å². The second-order valence-electron chi connectivity index (χ2n) is 5.08. The number of allylic oxidation sites excluding steroid dienone is 4. The average Bonchev–Trinajstić information content (AvgIpc) is 2.69. The van der Waals surface area contributed by atoms with Crippen molar-refractivity contribution < 1.29 is 4.74 Å². The van der Waals surface area contributed by atoms with Gasteiger partial charge in [0.05, 0.1) is 5.92 Å². The summed E-state index contributed by atoms with van der Waals surface area (Å²) in [6, 6.07) is 0.523. The smallest absolute Gasteiger partial charge is 0.229 e. The molecule has 0 amide bonds. The fourth-order valence-electron chi connectivity index (χ4n) is 3.04. The molecule has 0 bridgehead atoms. The molecule has 17 heavy (non-hydrogen) atoms. The Morgan fingerprint density at radius 1 is 1.41 bits per heavy atom. The van der Waals surface area contributed by atoms with Gasteiger partial charge >= 0.3 is 0 Å². The van der Waals surface area contributed by atoms with E-state index in [1.54, 1.807) is 0 Å². The largest absolute Gasteiger partial charge is 0.622 e. The van der Waals surface area contributed by atoms with Crippen LogP contribution in [0.15, 0.2) is 23.9 Å². The molecule has 3 rings (SSSR count). The number of nitrogens with one attached hydrogen (secondary N) is 1. The lowest BCUT2D eigenvalue weighted by atomic mass is 9.96. The van der Waals surface area contributed by atoms with Crippen LogP contribution in [0.1, 0.15) is 19.8 Å². The Morgan fingerprint density at radius 2 is 2.18 bits per heavy atom. The minimum atomic E-state index is 0.249. The summed E-state index contributed by atoms with van der Waals surface area (Å²) in [7, 11) is 0. The minimum absolute atomic E-state index is 0.249. The highest BCUT2D eigenvalue weighted by Gasteiger charge is 2.38. The molecular formula is C13H19N3O. The molecule has 1 saturated heterocycles. The van der Waals surface area contributed by atoms with E-state index in [1.807, 2.05) is 0 Å². The maximum Gasteiger partial charge on any atom is 0.229 e. The number of nitrogens with zero attached hydrogens (tertiary/aromatic N) is 2. The number of hydroxylamine groups is 1. The van der Waals surface area contributed by atoms with Gasteiger partial charge in [0, 0.05) is 6.04 Å². The predicted octanol–water partition coefficient (Wildman–Crippen LogP) is 1.05. The Bertz CT molecular complexity index is 405. The Kier molecular flexibility index (Phi) is 2.67. The van der Waals surface area contributed by atoms with E-state index in [0.29, 0.717) is 12.7 Å². The normalized spacial score (nSPS) is 29.6. The first-order valence-electron chi connectivity index (χ1n) is 6.45. The molecule has 2 aliphatic heterocycles. The summed E-state index contributed by atoms with van der Waals surface area (Å²) < 4.78 is 1.17. The Hall–Kier alpha value is -1.29. The lowest BCUT2D eigenvalue weighted by Crippen LogP contribution is -2.42. The van der Waals surface area contributed by atoms with Gasteiger partial charge in [0.1, 0.15) is 5.70 Å². The topological polar surface area (TPSA) is 41.3 Å². The predicted molar refractivity (Wildman–Crippen MR) is 67.6 cm³/mol. The van der Waals surface area contributed by atoms with E-state index in [-0.39, 0.29) is 5.92 Å². The molecule has 1 aliphatic carbocycles. The molecule has 0 aromatic carbocycles. The SMILES string of the molecule is CC1C=CC=C2C1=[N+]([O-])CN2C1CCNCC1. The Labute approximate surface area is 102 Å². The van der Waals surface area contributed by atoms with Crippen molar-refractivity contribution in [2.75, 3.05) is 19.8 Å². The Balaban J connectivity index is 1.86. The molecule has 1 fully saturated rings. The van der Waals surface area contributed by atoms with Gasteiger partial charge in [-0.3, -0.25) is 0 Å². The van der Waals surface area contributed by atoms with Gasteiger partial charge < -0.3 is 15.4 Å². The monoisotopic (exact) mass is 233 g/mol. The first kappa shape index (κ1) is 10.8. The van der Waals surface area contributed by atoms with Crippen molar-refractivity contribution in [3.05, 3.63) is 29.1 Å². The zero-order valence-corrected chi connectivity index (χ0v) is 10.2. The van der Waals surface area contributed by atoms with Gasteiger partial charge in [0.15, 0.2) is 0 Å². The van der Waals surface area contributed by atoms with Crippen LogP contribution in [-0.4, -0.2) is 41.2 Å². The second-order valence-corrected chi connectivity index (χ2v) is 5.08. The van der Waals surface area contributed by atoms with Crippen LogP contribution in [0.2, 0.25) is 0 Å². The molecule has 1 unspecified atom stereocenters. The van der Waals surface area contributed by atoms with Gasteiger partial charge in [-0.2, -0.15) is 4.74 Å². The van der Waals surface area contributed by atoms with E-state index < -0.39 is 0 Å². The summed E-state index contributed by atoms with van der Waals surface area (Å²) in [5.74, 6) is 0.249. The molecule has 0 aromatic heterocycles. The highest BCUT2D eigenvalue weighted by atomic mass is 16.5. The van der Waals surface area contributed by atoms with Crippen molar-refractivity contribution in [1.82, 2.24) is 10.2 Å². The summed E-state index contributed by atoms with van der Waals surface area (Å²) in [5, 5.41) is 15.4. The molecule has 3 aliphatic rings. The van der Waals surface area contributed by atoms with Crippen LogP contribution in [0.3, 0.4) is 0 Å². The highest BCUT2D eigenvalue weighted by molar-refractivity contribution is 6.00. The van der Waals surface area contributed by atoms with Crippen molar-refractivity contribution in [3.8, 4) is 0 Å². The van der Waals surface area contributed by atoms with Crippen LogP contribution < -0.4 is 5.32 Å². The number of hydrogen-bond donors (Lipinski definition) is 1. The molecular weight excluding hydrogens is 214 g/mol. The van der Waals surface area contributed by atoms with Crippen molar-refractivity contribution >= 4 is 5.71 Å². The third-order valence-electron chi connectivity index (χ3n) is 3.96. The first-order valence-corrected chi connectivity index (χ1v) is 6.45. The first-order chi connectivity index (χ1) is 8.27. The van der Waals surface area contributed by atoms with Gasteiger partial charge in [-0.1, -0.05) is 12.2 Å². The third kappa shape index (κ3) is 1.76. The molecule has 0 saturated carbocycles. The quantitative estimate of drug-likeness (QED) is 0.544. The second kappa shape index (κ2) is 4.18. The van der Waals surface area contributed by atoms with Crippen molar-refractivity contribution in [1.29, 1.82) is 0 Å². The molecule has 2 heterocycles. The number of hydrogen-bond acceptors (Lipinski definition) is 3. The summed E-state index contributed by atoms with van der Waals surface area (Å²) in [4.78, 5) is 2.29. The van der Waals surface area contributed by atoms with Gasteiger partial charge in [0.25, 0.3) is 0 Å². The molecule has 92 valence electrons. The molecule has 4 nitrogen and oxygen atoms in total. The highest BCUT2D eigenvalue weighted by Crippen LogP contribution is 2.28. The van der Waals surface area contributed by atoms with E-state index in [0.717, 1.165) is 37.3 Å². The number of rotatable bonds is 1. The molecule has 0 spiro atoms. The summed E-state index contributed by atoms with van der Waals surface area (Å²) in [5.41, 5.74) is 2.10. The number of fused-ring (bicyclic) bond motifs is 1. The molecule has 1 atom stereocenters. The van der Waals surface area contributed by atoms with Crippen LogP contribution >= 0.6 is 0 Å². The molecule has 4 heteroatoms. The van der Waals surface area contributed by atoms with Crippen molar-refractivity contribution in [2.45, 2.75) is 25.8 Å². The van der Waals surface area contributed by atoms with E-state index in [1.165, 1.54) is 4.74 Å². The Morgan fingerprint density at radius 3 is 2.94 bits per heavy atom. The standard InChI is InChI=1S/C13H19N3O/c1-10-3-2-4-12-13(10)16(17)9-15(12)11-5-7-14-8-6-11/h2-4,10-11,14H,5-9H2,1H3. The minimum Gasteiger partial charge on any atom is -0.622 e. The van der Waals surface area contributed by atoms with E-state index in [4.69, 9.17) is 0 Å². The van der Waals surface area contributed by atoms with Crippen LogP contribution in [-0.2, 0) is 0 Å². The number of piperidine rings is 1. The lowest BCUT2D eigenvalue weighted by Gasteiger charge is -2.32. The van der Waals surface area contributed by atoms with Crippen LogP contribution in [0.5, 0.6) is 0 Å². The van der Waals surface area contributed by atoms with Gasteiger partial charge in [-0.05, 0) is 38.9 Å². The summed E-state index contributed by atoms with van der Waals surface area (Å²) in [6.45, 7) is 4.73.